The summed E-state index contributed by atoms with van der Waals surface area (Å²) < 4.78 is 39.0. The molecule has 1 fully saturated rings. The van der Waals surface area contributed by atoms with Gasteiger partial charge in [0, 0.05) is 12.5 Å². The SMILES string of the molecule is Cc1cc(F)c(NC(=O)C(C)C)cc1C1CCN(Cc2ccc(S(=O)(=O)C(C)C)cc2)CC1. The van der Waals surface area contributed by atoms with E-state index in [2.05, 4.69) is 10.2 Å². The first-order valence-electron chi connectivity index (χ1n) is 11.6. The Balaban J connectivity index is 1.64. The molecular weight excluding hydrogens is 439 g/mol. The number of piperidine rings is 1. The number of carbonyl (C=O) groups excluding carboxylic acids is 1. The van der Waals surface area contributed by atoms with Crippen LogP contribution >= 0.6 is 0 Å². The van der Waals surface area contributed by atoms with Gasteiger partial charge in [-0.3, -0.25) is 9.69 Å². The Morgan fingerprint density at radius 2 is 1.70 bits per heavy atom. The monoisotopic (exact) mass is 474 g/mol. The fraction of sp³-hybridized carbons (Fsp3) is 0.500. The fourth-order valence-corrected chi connectivity index (χ4v) is 5.28. The number of halogens is 1. The van der Waals surface area contributed by atoms with Crippen LogP contribution in [0.3, 0.4) is 0 Å². The molecule has 2 aromatic rings. The molecule has 3 rings (SSSR count). The summed E-state index contributed by atoms with van der Waals surface area (Å²) in [5.74, 6) is -0.483. The molecule has 1 heterocycles. The molecule has 1 N–H and O–H groups in total. The summed E-state index contributed by atoms with van der Waals surface area (Å²) >= 11 is 0. The molecule has 1 aliphatic heterocycles. The maximum atomic E-state index is 14.4. The van der Waals surface area contributed by atoms with E-state index in [1.807, 2.05) is 19.1 Å². The molecule has 0 radical (unpaired) electrons. The smallest absolute Gasteiger partial charge is 0.227 e. The third kappa shape index (κ3) is 6.01. The second-order valence-corrected chi connectivity index (χ2v) is 12.1. The van der Waals surface area contributed by atoms with Crippen molar-refractivity contribution in [3.05, 3.63) is 58.9 Å². The average molecular weight is 475 g/mol. The zero-order valence-corrected chi connectivity index (χ0v) is 21.0. The van der Waals surface area contributed by atoms with Gasteiger partial charge in [-0.05, 0) is 93.6 Å². The van der Waals surface area contributed by atoms with Crippen LogP contribution in [0.2, 0.25) is 0 Å². The second kappa shape index (κ2) is 10.3. The number of nitrogens with one attached hydrogen (secondary N) is 1. The maximum Gasteiger partial charge on any atom is 0.227 e. The van der Waals surface area contributed by atoms with Crippen LogP contribution in [0.25, 0.3) is 0 Å². The van der Waals surface area contributed by atoms with E-state index < -0.39 is 20.9 Å². The molecule has 33 heavy (non-hydrogen) atoms. The van der Waals surface area contributed by atoms with Crippen LogP contribution in [0.1, 0.15) is 63.1 Å². The summed E-state index contributed by atoms with van der Waals surface area (Å²) in [5.41, 5.74) is 3.36. The van der Waals surface area contributed by atoms with Crippen LogP contribution in [-0.4, -0.2) is 37.6 Å². The van der Waals surface area contributed by atoms with Crippen LogP contribution in [0.5, 0.6) is 0 Å². The van der Waals surface area contributed by atoms with Crippen molar-refractivity contribution in [2.24, 2.45) is 5.92 Å². The maximum absolute atomic E-state index is 14.4. The Morgan fingerprint density at radius 3 is 2.24 bits per heavy atom. The Hall–Kier alpha value is -2.25. The minimum Gasteiger partial charge on any atom is -0.323 e. The number of carbonyl (C=O) groups is 1. The molecule has 0 aliphatic carbocycles. The summed E-state index contributed by atoms with van der Waals surface area (Å²) in [6.45, 7) is 11.5. The van der Waals surface area contributed by atoms with Gasteiger partial charge >= 0.3 is 0 Å². The molecule has 7 heteroatoms. The molecule has 0 saturated carbocycles. The minimum atomic E-state index is -3.25. The van der Waals surface area contributed by atoms with E-state index in [-0.39, 0.29) is 17.5 Å². The van der Waals surface area contributed by atoms with Gasteiger partial charge in [-0.15, -0.1) is 0 Å². The fourth-order valence-electron chi connectivity index (χ4n) is 4.22. The van der Waals surface area contributed by atoms with Gasteiger partial charge in [-0.1, -0.05) is 26.0 Å². The second-order valence-electron chi connectivity index (χ2n) is 9.62. The lowest BCUT2D eigenvalue weighted by atomic mass is 9.86. The molecule has 0 bridgehead atoms. The third-order valence-corrected chi connectivity index (χ3v) is 8.61. The van der Waals surface area contributed by atoms with E-state index in [0.717, 1.165) is 49.2 Å². The first-order chi connectivity index (χ1) is 15.5. The van der Waals surface area contributed by atoms with Crippen LogP contribution in [-0.2, 0) is 21.2 Å². The first kappa shape index (κ1) is 25.4. The quantitative estimate of drug-likeness (QED) is 0.592. The van der Waals surface area contributed by atoms with Gasteiger partial charge in [-0.25, -0.2) is 12.8 Å². The Kier molecular flexibility index (Phi) is 7.96. The van der Waals surface area contributed by atoms with Gasteiger partial charge in [-0.2, -0.15) is 0 Å². The molecule has 1 aliphatic rings. The molecule has 2 aromatic carbocycles. The Labute approximate surface area is 197 Å². The summed E-state index contributed by atoms with van der Waals surface area (Å²) in [4.78, 5) is 14.8. The highest BCUT2D eigenvalue weighted by Gasteiger charge is 2.24. The predicted octanol–water partition coefficient (Wildman–Crippen LogP) is 5.29. The number of sulfone groups is 1. The topological polar surface area (TPSA) is 66.5 Å². The molecule has 0 unspecified atom stereocenters. The lowest BCUT2D eigenvalue weighted by Crippen LogP contribution is -2.32. The number of anilines is 1. The number of nitrogens with zero attached hydrogens (tertiary/aromatic N) is 1. The summed E-state index contributed by atoms with van der Waals surface area (Å²) in [5, 5.41) is 2.28. The summed E-state index contributed by atoms with van der Waals surface area (Å²) in [6.07, 6.45) is 1.90. The van der Waals surface area contributed by atoms with Gasteiger partial charge < -0.3 is 5.32 Å². The number of benzene rings is 2. The number of likely N-dealkylation sites (tertiary alicyclic amines) is 1. The number of rotatable bonds is 7. The van der Waals surface area contributed by atoms with Gasteiger partial charge in [0.05, 0.1) is 15.8 Å². The summed E-state index contributed by atoms with van der Waals surface area (Å²) in [7, 11) is -3.25. The van der Waals surface area contributed by atoms with E-state index in [0.29, 0.717) is 10.8 Å². The van der Waals surface area contributed by atoms with Crippen LogP contribution < -0.4 is 5.32 Å². The Morgan fingerprint density at radius 1 is 1.09 bits per heavy atom. The van der Waals surface area contributed by atoms with Crippen LogP contribution in [0, 0.1) is 18.7 Å². The van der Waals surface area contributed by atoms with Crippen molar-refractivity contribution < 1.29 is 17.6 Å². The molecule has 1 amide bonds. The van der Waals surface area contributed by atoms with Crippen molar-refractivity contribution in [2.45, 2.75) is 70.1 Å². The Bertz CT molecular complexity index is 1090. The van der Waals surface area contributed by atoms with E-state index in [1.54, 1.807) is 45.9 Å². The standard InChI is InChI=1S/C26H35FN2O3S/c1-17(2)26(30)28-25-15-23(19(5)14-24(25)27)21-10-12-29(13-11-21)16-20-6-8-22(9-7-20)33(31,32)18(3)4/h6-9,14-15,17-18,21H,10-13,16H2,1-5H3,(H,28,30). The van der Waals surface area contributed by atoms with Gasteiger partial charge in [0.2, 0.25) is 5.91 Å². The lowest BCUT2D eigenvalue weighted by Gasteiger charge is -2.33. The molecule has 0 atom stereocenters. The normalized spacial score (nSPS) is 15.9. The molecular formula is C26H35FN2O3S. The van der Waals surface area contributed by atoms with Crippen molar-refractivity contribution in [2.75, 3.05) is 18.4 Å². The molecule has 0 spiro atoms. The highest BCUT2D eigenvalue weighted by atomic mass is 32.2. The first-order valence-corrected chi connectivity index (χ1v) is 13.2. The zero-order valence-electron chi connectivity index (χ0n) is 20.2. The number of aryl methyl sites for hydroxylation is 1. The number of hydrogen-bond donors (Lipinski definition) is 1. The van der Waals surface area contributed by atoms with E-state index in [4.69, 9.17) is 0 Å². The number of hydrogen-bond acceptors (Lipinski definition) is 4. The van der Waals surface area contributed by atoms with Crippen molar-refractivity contribution in [3.63, 3.8) is 0 Å². The van der Waals surface area contributed by atoms with Gasteiger partial charge in [0.15, 0.2) is 9.84 Å². The molecule has 0 aromatic heterocycles. The van der Waals surface area contributed by atoms with E-state index >= 15 is 0 Å². The van der Waals surface area contributed by atoms with Crippen LogP contribution in [0.4, 0.5) is 10.1 Å². The third-order valence-electron chi connectivity index (χ3n) is 6.44. The van der Waals surface area contributed by atoms with Crippen molar-refractivity contribution in [3.8, 4) is 0 Å². The lowest BCUT2D eigenvalue weighted by molar-refractivity contribution is -0.118. The van der Waals surface area contributed by atoms with Crippen molar-refractivity contribution in [1.29, 1.82) is 0 Å². The molecule has 5 nitrogen and oxygen atoms in total. The largest absolute Gasteiger partial charge is 0.323 e. The molecule has 180 valence electrons. The summed E-state index contributed by atoms with van der Waals surface area (Å²) in [6, 6.07) is 10.5. The highest BCUT2D eigenvalue weighted by molar-refractivity contribution is 7.92. The van der Waals surface area contributed by atoms with Crippen LogP contribution in [0.15, 0.2) is 41.3 Å². The highest BCUT2D eigenvalue weighted by Crippen LogP contribution is 2.34. The number of amides is 1. The van der Waals surface area contributed by atoms with Gasteiger partial charge in [0.25, 0.3) is 0 Å². The predicted molar refractivity (Wildman–Crippen MR) is 131 cm³/mol. The zero-order chi connectivity index (χ0) is 24.3. The van der Waals surface area contributed by atoms with Crippen molar-refractivity contribution >= 4 is 21.4 Å². The van der Waals surface area contributed by atoms with E-state index in [1.165, 1.54) is 6.07 Å². The minimum absolute atomic E-state index is 0.189. The average Bonchev–Trinajstić information content (AvgIpc) is 2.76. The molecule has 1 saturated heterocycles. The van der Waals surface area contributed by atoms with Gasteiger partial charge in [0.1, 0.15) is 5.82 Å². The van der Waals surface area contributed by atoms with Crippen molar-refractivity contribution in [1.82, 2.24) is 4.90 Å². The van der Waals surface area contributed by atoms with E-state index in [9.17, 15) is 17.6 Å².